The van der Waals surface area contributed by atoms with Gasteiger partial charge in [0.25, 0.3) is 5.56 Å². The van der Waals surface area contributed by atoms with Gasteiger partial charge >= 0.3 is 5.97 Å². The summed E-state index contributed by atoms with van der Waals surface area (Å²) in [7, 11) is 3.94. The summed E-state index contributed by atoms with van der Waals surface area (Å²) in [6.07, 6.45) is 1.85. The summed E-state index contributed by atoms with van der Waals surface area (Å²) in [5, 5.41) is 2.33. The zero-order valence-electron chi connectivity index (χ0n) is 25.1. The molecule has 0 spiro atoms. The van der Waals surface area contributed by atoms with Gasteiger partial charge in [-0.05, 0) is 71.7 Å². The maximum Gasteiger partial charge on any atom is 0.338 e. The molecule has 2 heterocycles. The zero-order chi connectivity index (χ0) is 30.8. The maximum atomic E-state index is 14.0. The van der Waals surface area contributed by atoms with Crippen molar-refractivity contribution < 1.29 is 14.3 Å². The van der Waals surface area contributed by atoms with E-state index < -0.39 is 12.0 Å². The monoisotopic (exact) mass is 603 g/mol. The molecule has 0 bridgehead atoms. The molecule has 1 aliphatic heterocycles. The molecular weight excluding hydrogens is 570 g/mol. The average Bonchev–Trinajstić information content (AvgIpc) is 3.33. The van der Waals surface area contributed by atoms with Crippen molar-refractivity contribution in [2.24, 2.45) is 4.99 Å². The second-order valence-electron chi connectivity index (χ2n) is 10.8. The molecule has 8 heteroatoms. The van der Waals surface area contributed by atoms with E-state index in [1.807, 2.05) is 91.8 Å². The van der Waals surface area contributed by atoms with Gasteiger partial charge in [0.05, 0.1) is 28.5 Å². The standard InChI is InChI=1S/C36H33N3O4S/c1-5-42-35(41)32-23(2)37-36-39(33(32)26-16-18-28(19-17-26)38(3)4)34(40)31(44-36)21-24-10-8-14-29(20-24)43-22-27-13-9-12-25-11-6-7-15-30(25)27/h6-21,33H,5,22H2,1-4H3/b31-21-. The van der Waals surface area contributed by atoms with E-state index in [2.05, 4.69) is 29.3 Å². The Morgan fingerprint density at radius 1 is 1.00 bits per heavy atom. The van der Waals surface area contributed by atoms with Crippen LogP contribution in [-0.4, -0.2) is 31.2 Å². The predicted molar refractivity (Wildman–Crippen MR) is 176 cm³/mol. The summed E-state index contributed by atoms with van der Waals surface area (Å²) in [6.45, 7) is 4.21. The number of ether oxygens (including phenoxy) is 2. The van der Waals surface area contributed by atoms with E-state index in [1.54, 1.807) is 18.4 Å². The lowest BCUT2D eigenvalue weighted by atomic mass is 9.95. The minimum absolute atomic E-state index is 0.216. The van der Waals surface area contributed by atoms with E-state index in [9.17, 15) is 9.59 Å². The number of esters is 1. The van der Waals surface area contributed by atoms with Gasteiger partial charge in [0.2, 0.25) is 0 Å². The van der Waals surface area contributed by atoms with Crippen LogP contribution in [0.25, 0.3) is 16.8 Å². The van der Waals surface area contributed by atoms with Crippen LogP contribution in [-0.2, 0) is 16.1 Å². The third-order valence-corrected chi connectivity index (χ3v) is 8.66. The zero-order valence-corrected chi connectivity index (χ0v) is 25.9. The van der Waals surface area contributed by atoms with Gasteiger partial charge < -0.3 is 14.4 Å². The Labute approximate surface area is 259 Å². The van der Waals surface area contributed by atoms with Crippen molar-refractivity contribution in [3.8, 4) is 5.75 Å². The molecule has 1 atom stereocenters. The fourth-order valence-electron chi connectivity index (χ4n) is 5.49. The van der Waals surface area contributed by atoms with Gasteiger partial charge in [-0.2, -0.15) is 0 Å². The van der Waals surface area contributed by atoms with E-state index >= 15 is 0 Å². The van der Waals surface area contributed by atoms with Crippen molar-refractivity contribution in [3.05, 3.63) is 139 Å². The summed E-state index contributed by atoms with van der Waals surface area (Å²) in [4.78, 5) is 34.4. The normalized spacial score (nSPS) is 14.7. The average molecular weight is 604 g/mol. The van der Waals surface area contributed by atoms with E-state index in [0.717, 1.165) is 27.8 Å². The van der Waals surface area contributed by atoms with Crippen LogP contribution in [0.3, 0.4) is 0 Å². The molecule has 7 nitrogen and oxygen atoms in total. The summed E-state index contributed by atoms with van der Waals surface area (Å²) in [5.74, 6) is 0.236. The minimum Gasteiger partial charge on any atom is -0.489 e. The van der Waals surface area contributed by atoms with Crippen LogP contribution < -0.4 is 24.5 Å². The van der Waals surface area contributed by atoms with Crippen molar-refractivity contribution >= 4 is 39.8 Å². The Morgan fingerprint density at radius 3 is 2.52 bits per heavy atom. The van der Waals surface area contributed by atoms with E-state index in [4.69, 9.17) is 9.47 Å². The van der Waals surface area contributed by atoms with Crippen LogP contribution >= 0.6 is 11.3 Å². The highest BCUT2D eigenvalue weighted by atomic mass is 32.1. The van der Waals surface area contributed by atoms with Gasteiger partial charge in [0, 0.05) is 19.8 Å². The number of allylic oxidation sites excluding steroid dienone is 1. The quantitative estimate of drug-likeness (QED) is 0.216. The summed E-state index contributed by atoms with van der Waals surface area (Å²) < 4.78 is 13.7. The first kappa shape index (κ1) is 29.1. The molecule has 4 aromatic carbocycles. The first-order chi connectivity index (χ1) is 21.3. The van der Waals surface area contributed by atoms with E-state index in [0.29, 0.717) is 33.0 Å². The molecule has 1 aliphatic rings. The molecule has 222 valence electrons. The van der Waals surface area contributed by atoms with Gasteiger partial charge in [-0.3, -0.25) is 9.36 Å². The molecule has 0 aliphatic carbocycles. The summed E-state index contributed by atoms with van der Waals surface area (Å²) in [6, 6.07) is 29.4. The molecule has 0 radical (unpaired) electrons. The summed E-state index contributed by atoms with van der Waals surface area (Å²) >= 11 is 1.30. The number of hydrogen-bond acceptors (Lipinski definition) is 7. The molecule has 44 heavy (non-hydrogen) atoms. The highest BCUT2D eigenvalue weighted by molar-refractivity contribution is 7.07. The van der Waals surface area contributed by atoms with Gasteiger partial charge in [-0.15, -0.1) is 0 Å². The van der Waals surface area contributed by atoms with Crippen LogP contribution in [0, 0.1) is 0 Å². The van der Waals surface area contributed by atoms with Crippen molar-refractivity contribution in [1.82, 2.24) is 4.57 Å². The smallest absolute Gasteiger partial charge is 0.338 e. The molecule has 0 fully saturated rings. The molecule has 1 unspecified atom stereocenters. The largest absolute Gasteiger partial charge is 0.489 e. The Kier molecular flexibility index (Phi) is 8.17. The molecule has 0 saturated carbocycles. The Hall–Kier alpha value is -4.95. The van der Waals surface area contributed by atoms with Crippen molar-refractivity contribution in [3.63, 3.8) is 0 Å². The minimum atomic E-state index is -0.654. The highest BCUT2D eigenvalue weighted by Crippen LogP contribution is 2.31. The Bertz CT molecular complexity index is 2070. The fraction of sp³-hybridized carbons (Fsp3) is 0.194. The first-order valence-electron chi connectivity index (χ1n) is 14.5. The second kappa shape index (κ2) is 12.3. The fourth-order valence-corrected chi connectivity index (χ4v) is 6.53. The molecule has 5 aromatic rings. The predicted octanol–water partition coefficient (Wildman–Crippen LogP) is 5.60. The topological polar surface area (TPSA) is 73.1 Å². The SMILES string of the molecule is CCOC(=O)C1=C(C)N=c2s/c(=C\c3cccc(OCc4cccc5ccccc45)c3)c(=O)n2C1c1ccc(N(C)C)cc1. The summed E-state index contributed by atoms with van der Waals surface area (Å²) in [5.41, 5.74) is 4.46. The van der Waals surface area contributed by atoms with Crippen molar-refractivity contribution in [1.29, 1.82) is 0 Å². The van der Waals surface area contributed by atoms with Gasteiger partial charge in [-0.25, -0.2) is 9.79 Å². The highest BCUT2D eigenvalue weighted by Gasteiger charge is 2.33. The third-order valence-electron chi connectivity index (χ3n) is 7.67. The Morgan fingerprint density at radius 2 is 1.75 bits per heavy atom. The van der Waals surface area contributed by atoms with Crippen molar-refractivity contribution in [2.75, 3.05) is 25.6 Å². The molecule has 1 aromatic heterocycles. The number of fused-ring (bicyclic) bond motifs is 2. The number of aromatic nitrogens is 1. The van der Waals surface area contributed by atoms with Gasteiger partial charge in [0.1, 0.15) is 12.4 Å². The number of carbonyl (C=O) groups excluding carboxylic acids is 1. The lowest BCUT2D eigenvalue weighted by molar-refractivity contribution is -0.139. The molecular formula is C36H33N3O4S. The first-order valence-corrected chi connectivity index (χ1v) is 15.3. The number of nitrogens with zero attached hydrogens (tertiary/aromatic N) is 3. The molecule has 0 amide bonds. The lowest BCUT2D eigenvalue weighted by Crippen LogP contribution is -2.39. The number of benzene rings is 4. The van der Waals surface area contributed by atoms with Gasteiger partial charge in [-0.1, -0.05) is 78.1 Å². The van der Waals surface area contributed by atoms with Crippen molar-refractivity contribution in [2.45, 2.75) is 26.5 Å². The Balaban J connectivity index is 1.36. The van der Waals surface area contributed by atoms with Crippen LogP contribution in [0.15, 0.2) is 112 Å². The van der Waals surface area contributed by atoms with Gasteiger partial charge in [0.15, 0.2) is 4.80 Å². The molecule has 0 saturated heterocycles. The van der Waals surface area contributed by atoms with Crippen LogP contribution in [0.1, 0.15) is 36.6 Å². The maximum absolute atomic E-state index is 14.0. The molecule has 6 rings (SSSR count). The van der Waals surface area contributed by atoms with E-state index in [-0.39, 0.29) is 12.2 Å². The number of thiazole rings is 1. The lowest BCUT2D eigenvalue weighted by Gasteiger charge is -2.25. The molecule has 0 N–H and O–H groups in total. The number of anilines is 1. The van der Waals surface area contributed by atoms with E-state index in [1.165, 1.54) is 16.7 Å². The third kappa shape index (κ3) is 5.68. The number of rotatable bonds is 8. The van der Waals surface area contributed by atoms with Crippen LogP contribution in [0.4, 0.5) is 5.69 Å². The van der Waals surface area contributed by atoms with Crippen LogP contribution in [0.2, 0.25) is 0 Å². The van der Waals surface area contributed by atoms with Crippen LogP contribution in [0.5, 0.6) is 5.75 Å². The second-order valence-corrected chi connectivity index (χ2v) is 11.8. The number of hydrogen-bond donors (Lipinski definition) is 0. The number of carbonyl (C=O) groups is 1.